The Morgan fingerprint density at radius 2 is 1.52 bits per heavy atom. The zero-order chi connectivity index (χ0) is 16.6. The fourth-order valence-electron chi connectivity index (χ4n) is 3.21. The third-order valence-corrected chi connectivity index (χ3v) is 4.25. The fourth-order valence-corrected chi connectivity index (χ4v) is 3.21. The first kappa shape index (κ1) is 15.2. The smallest absolute Gasteiger partial charge is 0.335 e. The summed E-state index contributed by atoms with van der Waals surface area (Å²) in [5.41, 5.74) is 1.90. The van der Waals surface area contributed by atoms with Crippen molar-refractivity contribution in [1.29, 1.82) is 0 Å². The molecule has 2 aromatic rings. The molecule has 0 saturated heterocycles. The molecule has 0 amide bonds. The van der Waals surface area contributed by atoms with Crippen LogP contribution in [0.3, 0.4) is 0 Å². The number of hydrogen-bond donors (Lipinski definition) is 2. The maximum Gasteiger partial charge on any atom is 0.335 e. The summed E-state index contributed by atoms with van der Waals surface area (Å²) in [7, 11) is 1.31. The molecule has 5 nitrogen and oxygen atoms in total. The number of ether oxygens (including phenoxy) is 1. The van der Waals surface area contributed by atoms with E-state index in [9.17, 15) is 14.7 Å². The van der Waals surface area contributed by atoms with Crippen LogP contribution in [0.1, 0.15) is 18.1 Å². The van der Waals surface area contributed by atoms with Gasteiger partial charge in [-0.25, -0.2) is 4.79 Å². The molecule has 0 aromatic heterocycles. The molecule has 0 bridgehead atoms. The predicted molar refractivity (Wildman–Crippen MR) is 84.9 cm³/mol. The maximum atomic E-state index is 12.7. The third kappa shape index (κ3) is 2.12. The summed E-state index contributed by atoms with van der Waals surface area (Å²) in [5, 5.41) is 12.3. The van der Waals surface area contributed by atoms with Crippen LogP contribution in [-0.4, -0.2) is 30.2 Å². The minimum absolute atomic E-state index is 0.525. The van der Waals surface area contributed by atoms with Crippen LogP contribution >= 0.6 is 0 Å². The Hall–Kier alpha value is -2.66. The van der Waals surface area contributed by atoms with Gasteiger partial charge in [0.25, 0.3) is 0 Å². The number of nitrogens with one attached hydrogen (secondary N) is 1. The van der Waals surface area contributed by atoms with E-state index < -0.39 is 23.5 Å². The van der Waals surface area contributed by atoms with Crippen molar-refractivity contribution < 1.29 is 19.4 Å². The van der Waals surface area contributed by atoms with Crippen LogP contribution in [0.15, 0.2) is 48.5 Å². The number of carbonyl (C=O) groups excluding carboxylic acids is 1. The molecule has 0 radical (unpaired) electrons. The van der Waals surface area contributed by atoms with Crippen molar-refractivity contribution in [2.45, 2.75) is 18.5 Å². The van der Waals surface area contributed by atoms with E-state index in [1.165, 1.54) is 14.0 Å². The topological polar surface area (TPSA) is 75.6 Å². The van der Waals surface area contributed by atoms with E-state index in [0.717, 1.165) is 11.1 Å². The van der Waals surface area contributed by atoms with Crippen LogP contribution in [0.2, 0.25) is 0 Å². The van der Waals surface area contributed by atoms with Crippen molar-refractivity contribution in [2.24, 2.45) is 0 Å². The number of rotatable bonds is 4. The summed E-state index contributed by atoms with van der Waals surface area (Å²) in [6.07, 6.45) is 0. The number of benzene rings is 2. The second kappa shape index (κ2) is 5.52. The molecule has 1 atom stereocenters. The molecule has 0 aliphatic heterocycles. The first-order valence-electron chi connectivity index (χ1n) is 7.30. The molecule has 1 aliphatic rings. The lowest BCUT2D eigenvalue weighted by Crippen LogP contribution is -2.55. The first-order valence-corrected chi connectivity index (χ1v) is 7.30. The highest BCUT2D eigenvalue weighted by atomic mass is 16.5. The number of esters is 1. The summed E-state index contributed by atoms with van der Waals surface area (Å²) in [6, 6.07) is 14.0. The molecule has 2 aromatic carbocycles. The Balaban J connectivity index is 2.30. The van der Waals surface area contributed by atoms with E-state index in [-0.39, 0.29) is 0 Å². The zero-order valence-corrected chi connectivity index (χ0v) is 12.9. The van der Waals surface area contributed by atoms with Gasteiger partial charge in [0, 0.05) is 0 Å². The van der Waals surface area contributed by atoms with Crippen LogP contribution < -0.4 is 5.32 Å². The van der Waals surface area contributed by atoms with Crippen LogP contribution in [0.25, 0.3) is 11.1 Å². The number of methoxy groups -OCH3 is 1. The molecule has 23 heavy (non-hydrogen) atoms. The highest BCUT2D eigenvalue weighted by molar-refractivity contribution is 5.98. The normalized spacial score (nSPS) is 15.4. The molecule has 1 aliphatic carbocycles. The number of carboxylic acid groups (broad SMARTS) is 1. The molecule has 0 unspecified atom stereocenters. The lowest BCUT2D eigenvalue weighted by atomic mass is 9.86. The quantitative estimate of drug-likeness (QED) is 0.846. The molecular formula is C18H17NO4. The van der Waals surface area contributed by atoms with Gasteiger partial charge in [-0.3, -0.25) is 10.1 Å². The first-order chi connectivity index (χ1) is 11.0. The van der Waals surface area contributed by atoms with Crippen LogP contribution in [0, 0.1) is 0 Å². The van der Waals surface area contributed by atoms with Crippen molar-refractivity contribution >= 4 is 11.9 Å². The summed E-state index contributed by atoms with van der Waals surface area (Å²) >= 11 is 0. The Labute approximate surface area is 133 Å². The molecule has 5 heteroatoms. The molecule has 2 N–H and O–H groups in total. The van der Waals surface area contributed by atoms with Crippen molar-refractivity contribution in [3.05, 3.63) is 59.7 Å². The highest BCUT2D eigenvalue weighted by Gasteiger charge is 2.51. The highest BCUT2D eigenvalue weighted by Crippen LogP contribution is 2.48. The SMILES string of the molecule is COC(=O)C1(N[C@@H](C)C(=O)O)c2ccccc2-c2ccccc21. The number of aliphatic carboxylic acids is 1. The molecule has 0 heterocycles. The van der Waals surface area contributed by atoms with Gasteiger partial charge in [0.1, 0.15) is 6.04 Å². The summed E-state index contributed by atoms with van der Waals surface area (Å²) in [5.74, 6) is -1.56. The monoisotopic (exact) mass is 311 g/mol. The van der Waals surface area contributed by atoms with E-state index in [0.29, 0.717) is 11.1 Å². The Morgan fingerprint density at radius 3 is 1.96 bits per heavy atom. The molecule has 0 spiro atoms. The average Bonchev–Trinajstić information content (AvgIpc) is 2.86. The lowest BCUT2D eigenvalue weighted by Gasteiger charge is -2.32. The van der Waals surface area contributed by atoms with Crippen molar-refractivity contribution in [3.63, 3.8) is 0 Å². The molecular weight excluding hydrogens is 294 g/mol. The molecule has 3 rings (SSSR count). The number of carbonyl (C=O) groups is 2. The van der Waals surface area contributed by atoms with E-state index in [1.807, 2.05) is 48.5 Å². The average molecular weight is 311 g/mol. The number of carboxylic acids is 1. The second-order valence-electron chi connectivity index (χ2n) is 5.54. The predicted octanol–water partition coefficient (Wildman–Crippen LogP) is 2.15. The van der Waals surface area contributed by atoms with Crippen molar-refractivity contribution in [1.82, 2.24) is 5.32 Å². The van der Waals surface area contributed by atoms with E-state index in [4.69, 9.17) is 4.74 Å². The van der Waals surface area contributed by atoms with Gasteiger partial charge in [-0.05, 0) is 29.2 Å². The van der Waals surface area contributed by atoms with E-state index in [2.05, 4.69) is 5.32 Å². The van der Waals surface area contributed by atoms with Crippen LogP contribution in [-0.2, 0) is 19.9 Å². The largest absolute Gasteiger partial charge is 0.480 e. The summed E-state index contributed by atoms with van der Waals surface area (Å²) in [4.78, 5) is 24.1. The third-order valence-electron chi connectivity index (χ3n) is 4.25. The van der Waals surface area contributed by atoms with Gasteiger partial charge in [-0.15, -0.1) is 0 Å². The lowest BCUT2D eigenvalue weighted by molar-refractivity contribution is -0.148. The Kier molecular flexibility index (Phi) is 3.66. The number of fused-ring (bicyclic) bond motifs is 3. The van der Waals surface area contributed by atoms with Crippen molar-refractivity contribution in [2.75, 3.05) is 7.11 Å². The van der Waals surface area contributed by atoms with Gasteiger partial charge in [0.05, 0.1) is 7.11 Å². The van der Waals surface area contributed by atoms with Gasteiger partial charge in [-0.1, -0.05) is 48.5 Å². The minimum Gasteiger partial charge on any atom is -0.480 e. The van der Waals surface area contributed by atoms with Crippen molar-refractivity contribution in [3.8, 4) is 11.1 Å². The maximum absolute atomic E-state index is 12.7. The van der Waals surface area contributed by atoms with Gasteiger partial charge in [0.2, 0.25) is 0 Å². The Morgan fingerprint density at radius 1 is 1.04 bits per heavy atom. The summed E-state index contributed by atoms with van der Waals surface area (Å²) < 4.78 is 5.04. The second-order valence-corrected chi connectivity index (χ2v) is 5.54. The van der Waals surface area contributed by atoms with Gasteiger partial charge in [-0.2, -0.15) is 0 Å². The fraction of sp³-hybridized carbons (Fsp3) is 0.222. The van der Waals surface area contributed by atoms with E-state index in [1.54, 1.807) is 0 Å². The minimum atomic E-state index is -1.32. The van der Waals surface area contributed by atoms with Crippen LogP contribution in [0.4, 0.5) is 0 Å². The molecule has 0 saturated carbocycles. The summed E-state index contributed by atoms with van der Waals surface area (Å²) in [6.45, 7) is 1.51. The zero-order valence-electron chi connectivity index (χ0n) is 12.9. The molecule has 0 fully saturated rings. The van der Waals surface area contributed by atoms with Gasteiger partial charge in [0.15, 0.2) is 5.54 Å². The standard InChI is InChI=1S/C18H17NO4/c1-11(16(20)21)19-18(17(22)23-2)14-9-5-3-7-12(14)13-8-4-6-10-15(13)18/h3-11,19H,1-2H3,(H,20,21)/t11-/m0/s1. The van der Waals surface area contributed by atoms with Gasteiger partial charge < -0.3 is 9.84 Å². The van der Waals surface area contributed by atoms with Crippen LogP contribution in [0.5, 0.6) is 0 Å². The van der Waals surface area contributed by atoms with Gasteiger partial charge >= 0.3 is 11.9 Å². The molecule has 118 valence electrons. The Bertz CT molecular complexity index is 739. The number of hydrogen-bond acceptors (Lipinski definition) is 4. The van der Waals surface area contributed by atoms with E-state index >= 15 is 0 Å².